The van der Waals surface area contributed by atoms with Crippen LogP contribution in [0.15, 0.2) is 48.5 Å². The van der Waals surface area contributed by atoms with Crippen molar-refractivity contribution in [2.45, 2.75) is 13.1 Å². The van der Waals surface area contributed by atoms with Crippen molar-refractivity contribution in [1.29, 1.82) is 0 Å². The number of rotatable bonds is 3. The summed E-state index contributed by atoms with van der Waals surface area (Å²) in [7, 11) is 0. The van der Waals surface area contributed by atoms with Gasteiger partial charge in [-0.2, -0.15) is 13.2 Å². The first-order chi connectivity index (χ1) is 9.84. The fourth-order valence-electron chi connectivity index (χ4n) is 1.75. The third-order valence-corrected chi connectivity index (χ3v) is 2.71. The second-order valence-electron chi connectivity index (χ2n) is 4.46. The molecule has 21 heavy (non-hydrogen) atoms. The molecule has 0 aliphatic carbocycles. The van der Waals surface area contributed by atoms with Crippen molar-refractivity contribution in [2.75, 3.05) is 10.6 Å². The van der Waals surface area contributed by atoms with E-state index < -0.39 is 11.7 Å². The molecule has 0 aromatic heterocycles. The van der Waals surface area contributed by atoms with E-state index in [9.17, 15) is 18.0 Å². The summed E-state index contributed by atoms with van der Waals surface area (Å²) in [5.41, 5.74) is 1.23. The summed E-state index contributed by atoms with van der Waals surface area (Å²) in [5.74, 6) is -0.168. The molecule has 0 saturated carbocycles. The number of halogens is 3. The molecule has 0 aliphatic heterocycles. The van der Waals surface area contributed by atoms with Crippen LogP contribution in [0.1, 0.15) is 12.5 Å². The van der Waals surface area contributed by atoms with Gasteiger partial charge in [0.2, 0.25) is 5.91 Å². The Bertz CT molecular complexity index is 619. The number of amides is 1. The Morgan fingerprint density at radius 3 is 1.71 bits per heavy atom. The Morgan fingerprint density at radius 2 is 1.29 bits per heavy atom. The monoisotopic (exact) mass is 294 g/mol. The van der Waals surface area contributed by atoms with E-state index in [4.69, 9.17) is 0 Å². The number of anilines is 3. The minimum atomic E-state index is -4.33. The van der Waals surface area contributed by atoms with Crippen LogP contribution in [-0.4, -0.2) is 5.91 Å². The Balaban J connectivity index is 2.06. The SMILES string of the molecule is CC(=O)Nc1ccc(Nc2ccc(C(F)(F)F)cc2)cc1. The van der Waals surface area contributed by atoms with E-state index in [1.165, 1.54) is 19.1 Å². The van der Waals surface area contributed by atoms with E-state index in [0.717, 1.165) is 12.1 Å². The molecular formula is C15H13F3N2O. The lowest BCUT2D eigenvalue weighted by molar-refractivity contribution is -0.137. The quantitative estimate of drug-likeness (QED) is 0.880. The Kier molecular flexibility index (Phi) is 4.16. The minimum Gasteiger partial charge on any atom is -0.356 e. The highest BCUT2D eigenvalue weighted by Crippen LogP contribution is 2.30. The molecule has 0 fully saturated rings. The van der Waals surface area contributed by atoms with Crippen LogP contribution in [0.4, 0.5) is 30.2 Å². The van der Waals surface area contributed by atoms with E-state index >= 15 is 0 Å². The molecule has 3 nitrogen and oxygen atoms in total. The van der Waals surface area contributed by atoms with Gasteiger partial charge in [0.1, 0.15) is 0 Å². The lowest BCUT2D eigenvalue weighted by Gasteiger charge is -2.10. The van der Waals surface area contributed by atoms with Gasteiger partial charge in [0.15, 0.2) is 0 Å². The average molecular weight is 294 g/mol. The number of hydrogen-bond acceptors (Lipinski definition) is 2. The number of alkyl halides is 3. The zero-order valence-corrected chi connectivity index (χ0v) is 11.2. The number of benzene rings is 2. The molecule has 110 valence electrons. The maximum Gasteiger partial charge on any atom is 0.416 e. The standard InChI is InChI=1S/C15H13F3N2O/c1-10(21)19-12-6-8-14(9-7-12)20-13-4-2-11(3-5-13)15(16,17)18/h2-9,20H,1H3,(H,19,21). The predicted octanol–water partition coefficient (Wildman–Crippen LogP) is 4.41. The fraction of sp³-hybridized carbons (Fsp3) is 0.133. The molecule has 0 radical (unpaired) electrons. The lowest BCUT2D eigenvalue weighted by Crippen LogP contribution is -2.05. The van der Waals surface area contributed by atoms with Crippen LogP contribution < -0.4 is 10.6 Å². The molecule has 0 bridgehead atoms. The highest BCUT2D eigenvalue weighted by atomic mass is 19.4. The largest absolute Gasteiger partial charge is 0.416 e. The maximum atomic E-state index is 12.4. The topological polar surface area (TPSA) is 41.1 Å². The van der Waals surface area contributed by atoms with Gasteiger partial charge in [0.05, 0.1) is 5.56 Å². The summed E-state index contributed by atoms with van der Waals surface area (Å²) in [6, 6.07) is 11.6. The molecule has 0 heterocycles. The smallest absolute Gasteiger partial charge is 0.356 e. The highest BCUT2D eigenvalue weighted by Gasteiger charge is 2.29. The summed E-state index contributed by atoms with van der Waals surface area (Å²) < 4.78 is 37.3. The zero-order chi connectivity index (χ0) is 15.5. The molecule has 1 amide bonds. The van der Waals surface area contributed by atoms with E-state index in [0.29, 0.717) is 17.1 Å². The first kappa shape index (κ1) is 14.9. The normalized spacial score (nSPS) is 11.0. The van der Waals surface area contributed by atoms with Crippen molar-refractivity contribution in [1.82, 2.24) is 0 Å². The minimum absolute atomic E-state index is 0.168. The molecule has 0 spiro atoms. The fourth-order valence-corrected chi connectivity index (χ4v) is 1.75. The van der Waals surface area contributed by atoms with Crippen molar-refractivity contribution in [3.63, 3.8) is 0 Å². The molecule has 0 atom stereocenters. The third-order valence-electron chi connectivity index (χ3n) is 2.71. The van der Waals surface area contributed by atoms with E-state index in [1.54, 1.807) is 24.3 Å². The first-order valence-electron chi connectivity index (χ1n) is 6.16. The molecule has 2 N–H and O–H groups in total. The van der Waals surface area contributed by atoms with Crippen LogP contribution in [0.5, 0.6) is 0 Å². The van der Waals surface area contributed by atoms with Gasteiger partial charge < -0.3 is 10.6 Å². The first-order valence-corrected chi connectivity index (χ1v) is 6.16. The summed E-state index contributed by atoms with van der Waals surface area (Å²) in [4.78, 5) is 10.9. The van der Waals surface area contributed by atoms with Crippen LogP contribution in [0.25, 0.3) is 0 Å². The van der Waals surface area contributed by atoms with Gasteiger partial charge in [-0.1, -0.05) is 0 Å². The molecule has 6 heteroatoms. The second kappa shape index (κ2) is 5.87. The molecular weight excluding hydrogens is 281 g/mol. The van der Waals surface area contributed by atoms with Crippen LogP contribution in [0.3, 0.4) is 0 Å². The number of carbonyl (C=O) groups excluding carboxylic acids is 1. The highest BCUT2D eigenvalue weighted by molar-refractivity contribution is 5.88. The average Bonchev–Trinajstić information content (AvgIpc) is 2.40. The molecule has 0 unspecified atom stereocenters. The molecule has 2 aromatic carbocycles. The summed E-state index contributed by atoms with van der Waals surface area (Å²) in [5, 5.41) is 5.61. The van der Waals surface area contributed by atoms with Crippen LogP contribution in [0, 0.1) is 0 Å². The number of nitrogens with one attached hydrogen (secondary N) is 2. The van der Waals surface area contributed by atoms with Crippen molar-refractivity contribution in [2.24, 2.45) is 0 Å². The summed E-state index contributed by atoms with van der Waals surface area (Å²) >= 11 is 0. The maximum absolute atomic E-state index is 12.4. The van der Waals surface area contributed by atoms with E-state index in [-0.39, 0.29) is 5.91 Å². The Hall–Kier alpha value is -2.50. The van der Waals surface area contributed by atoms with Gasteiger partial charge >= 0.3 is 6.18 Å². The summed E-state index contributed by atoms with van der Waals surface area (Å²) in [6.45, 7) is 1.41. The van der Waals surface area contributed by atoms with Crippen molar-refractivity contribution in [3.8, 4) is 0 Å². The van der Waals surface area contributed by atoms with E-state index in [1.807, 2.05) is 0 Å². The lowest BCUT2D eigenvalue weighted by atomic mass is 10.2. The van der Waals surface area contributed by atoms with Gasteiger partial charge in [-0.3, -0.25) is 4.79 Å². The van der Waals surface area contributed by atoms with Gasteiger partial charge in [0.25, 0.3) is 0 Å². The third kappa shape index (κ3) is 4.24. The van der Waals surface area contributed by atoms with Crippen molar-refractivity contribution >= 4 is 23.0 Å². The summed E-state index contributed by atoms with van der Waals surface area (Å²) in [6.07, 6.45) is -4.33. The van der Waals surface area contributed by atoms with Gasteiger partial charge in [-0.25, -0.2) is 0 Å². The zero-order valence-electron chi connectivity index (χ0n) is 11.2. The van der Waals surface area contributed by atoms with Crippen LogP contribution in [-0.2, 0) is 11.0 Å². The Labute approximate surface area is 119 Å². The second-order valence-corrected chi connectivity index (χ2v) is 4.46. The molecule has 2 rings (SSSR count). The van der Waals surface area contributed by atoms with Crippen LogP contribution in [0.2, 0.25) is 0 Å². The molecule has 2 aromatic rings. The van der Waals surface area contributed by atoms with Crippen LogP contribution >= 0.6 is 0 Å². The number of hydrogen-bond donors (Lipinski definition) is 2. The van der Waals surface area contributed by atoms with Gasteiger partial charge in [0, 0.05) is 24.0 Å². The van der Waals surface area contributed by atoms with Gasteiger partial charge in [-0.15, -0.1) is 0 Å². The predicted molar refractivity (Wildman–Crippen MR) is 75.5 cm³/mol. The van der Waals surface area contributed by atoms with E-state index in [2.05, 4.69) is 10.6 Å². The van der Waals surface area contributed by atoms with Gasteiger partial charge in [-0.05, 0) is 48.5 Å². The number of carbonyl (C=O) groups is 1. The van der Waals surface area contributed by atoms with Crippen molar-refractivity contribution in [3.05, 3.63) is 54.1 Å². The van der Waals surface area contributed by atoms with Crippen molar-refractivity contribution < 1.29 is 18.0 Å². The molecule has 0 aliphatic rings. The molecule has 0 saturated heterocycles. The Morgan fingerprint density at radius 1 is 0.857 bits per heavy atom.